The molecule has 92 valence electrons. The van der Waals surface area contributed by atoms with E-state index in [1.807, 2.05) is 13.8 Å². The quantitative estimate of drug-likeness (QED) is 0.792. The van der Waals surface area contributed by atoms with Gasteiger partial charge in [0.1, 0.15) is 0 Å². The summed E-state index contributed by atoms with van der Waals surface area (Å²) >= 11 is 3.39. The molecule has 0 aromatic heterocycles. The molecule has 1 aliphatic heterocycles. The second-order valence-corrected chi connectivity index (χ2v) is 5.66. The molecule has 16 heavy (non-hydrogen) atoms. The topological polar surface area (TPSA) is 63.4 Å². The van der Waals surface area contributed by atoms with Crippen LogP contribution in [0, 0.1) is 11.8 Å². The molecule has 0 aliphatic carbocycles. The highest BCUT2D eigenvalue weighted by Crippen LogP contribution is 2.21. The lowest BCUT2D eigenvalue weighted by molar-refractivity contribution is -0.134. The lowest BCUT2D eigenvalue weighted by atomic mass is 9.96. The first-order valence-corrected chi connectivity index (χ1v) is 6.57. The van der Waals surface area contributed by atoms with Gasteiger partial charge in [-0.3, -0.25) is 9.59 Å². The standard InChI is InChI=1S/C11H19BrN2O2/c1-7(2)9(12)11(16)14-5-3-4-8(6-14)10(13)15/h7-9H,3-6H2,1-2H3,(H2,13,15)/t8-,9+/m1/s1. The number of carbonyl (C=O) groups is 2. The number of piperidine rings is 1. The SMILES string of the molecule is CC(C)[C@H](Br)C(=O)N1CCC[C@@H](C(N)=O)C1. The molecule has 4 nitrogen and oxygen atoms in total. The Morgan fingerprint density at radius 2 is 2.06 bits per heavy atom. The van der Waals surface area contributed by atoms with Crippen molar-refractivity contribution >= 4 is 27.7 Å². The van der Waals surface area contributed by atoms with Gasteiger partial charge >= 0.3 is 0 Å². The third-order valence-electron chi connectivity index (χ3n) is 2.96. The van der Waals surface area contributed by atoms with Gasteiger partial charge in [0, 0.05) is 13.1 Å². The van der Waals surface area contributed by atoms with Crippen LogP contribution in [-0.2, 0) is 9.59 Å². The molecular weight excluding hydrogens is 272 g/mol. The van der Waals surface area contributed by atoms with Crippen LogP contribution in [0.3, 0.4) is 0 Å². The van der Waals surface area contributed by atoms with Gasteiger partial charge in [-0.25, -0.2) is 0 Å². The van der Waals surface area contributed by atoms with Crippen LogP contribution in [0.4, 0.5) is 0 Å². The first-order chi connectivity index (χ1) is 7.43. The van der Waals surface area contributed by atoms with Gasteiger partial charge in [-0.1, -0.05) is 29.8 Å². The van der Waals surface area contributed by atoms with E-state index >= 15 is 0 Å². The summed E-state index contributed by atoms with van der Waals surface area (Å²) in [6, 6.07) is 0. The molecule has 5 heteroatoms. The Hall–Kier alpha value is -0.580. The summed E-state index contributed by atoms with van der Waals surface area (Å²) in [4.78, 5) is 24.7. The van der Waals surface area contributed by atoms with Crippen LogP contribution in [-0.4, -0.2) is 34.6 Å². The van der Waals surface area contributed by atoms with Crippen molar-refractivity contribution in [1.29, 1.82) is 0 Å². The number of amides is 2. The van der Waals surface area contributed by atoms with Gasteiger partial charge in [-0.05, 0) is 18.8 Å². The molecule has 2 amide bonds. The van der Waals surface area contributed by atoms with Gasteiger partial charge in [-0.2, -0.15) is 0 Å². The molecule has 0 aromatic carbocycles. The van der Waals surface area contributed by atoms with E-state index < -0.39 is 0 Å². The summed E-state index contributed by atoms with van der Waals surface area (Å²) in [5.74, 6) is -0.153. The second-order valence-electron chi connectivity index (χ2n) is 4.67. The number of nitrogens with zero attached hydrogens (tertiary/aromatic N) is 1. The van der Waals surface area contributed by atoms with Crippen LogP contribution in [0.15, 0.2) is 0 Å². The van der Waals surface area contributed by atoms with Crippen molar-refractivity contribution in [2.45, 2.75) is 31.5 Å². The largest absolute Gasteiger partial charge is 0.369 e. The van der Waals surface area contributed by atoms with Crippen LogP contribution in [0.1, 0.15) is 26.7 Å². The van der Waals surface area contributed by atoms with Gasteiger partial charge in [0.15, 0.2) is 0 Å². The van der Waals surface area contributed by atoms with E-state index in [9.17, 15) is 9.59 Å². The minimum absolute atomic E-state index is 0.0703. The van der Waals surface area contributed by atoms with Crippen LogP contribution in [0.5, 0.6) is 0 Å². The van der Waals surface area contributed by atoms with Gasteiger partial charge in [-0.15, -0.1) is 0 Å². The molecule has 2 N–H and O–H groups in total. The van der Waals surface area contributed by atoms with Crippen molar-refractivity contribution in [2.24, 2.45) is 17.6 Å². The van der Waals surface area contributed by atoms with Crippen molar-refractivity contribution < 1.29 is 9.59 Å². The molecule has 1 aliphatic rings. The zero-order chi connectivity index (χ0) is 12.3. The van der Waals surface area contributed by atoms with Crippen LogP contribution >= 0.6 is 15.9 Å². The fourth-order valence-corrected chi connectivity index (χ4v) is 2.16. The third kappa shape index (κ3) is 3.20. The van der Waals surface area contributed by atoms with Crippen molar-refractivity contribution in [2.75, 3.05) is 13.1 Å². The summed E-state index contributed by atoms with van der Waals surface area (Å²) in [6.07, 6.45) is 1.66. The van der Waals surface area contributed by atoms with Gasteiger partial charge in [0.25, 0.3) is 0 Å². The average Bonchev–Trinajstić information content (AvgIpc) is 2.27. The number of nitrogens with two attached hydrogens (primary N) is 1. The number of likely N-dealkylation sites (tertiary alicyclic amines) is 1. The summed E-state index contributed by atoms with van der Waals surface area (Å²) in [5, 5.41) is 0. The van der Waals surface area contributed by atoms with Gasteiger partial charge < -0.3 is 10.6 Å². The molecule has 1 saturated heterocycles. The molecule has 1 rings (SSSR count). The van der Waals surface area contributed by atoms with Crippen LogP contribution < -0.4 is 5.73 Å². The normalized spacial score (nSPS) is 23.2. The Kier molecular flexibility index (Phi) is 4.77. The second kappa shape index (κ2) is 5.66. The van der Waals surface area contributed by atoms with Crippen molar-refractivity contribution in [1.82, 2.24) is 4.90 Å². The average molecular weight is 291 g/mol. The van der Waals surface area contributed by atoms with E-state index in [2.05, 4.69) is 15.9 Å². The number of primary amides is 1. The van der Waals surface area contributed by atoms with E-state index in [4.69, 9.17) is 5.73 Å². The molecule has 0 radical (unpaired) electrons. The Bertz CT molecular complexity index is 281. The molecule has 0 bridgehead atoms. The van der Waals surface area contributed by atoms with Gasteiger partial charge in [0.05, 0.1) is 10.7 Å². The number of halogens is 1. The van der Waals surface area contributed by atoms with Crippen LogP contribution in [0.25, 0.3) is 0 Å². The van der Waals surface area contributed by atoms with E-state index in [0.717, 1.165) is 19.4 Å². The highest BCUT2D eigenvalue weighted by Gasteiger charge is 2.30. The highest BCUT2D eigenvalue weighted by molar-refractivity contribution is 9.10. The Labute approximate surface area is 105 Å². The molecule has 0 aromatic rings. The fraction of sp³-hybridized carbons (Fsp3) is 0.818. The molecule has 1 heterocycles. The lowest BCUT2D eigenvalue weighted by Crippen LogP contribution is -2.47. The maximum atomic E-state index is 12.0. The zero-order valence-electron chi connectivity index (χ0n) is 9.78. The Morgan fingerprint density at radius 1 is 1.44 bits per heavy atom. The zero-order valence-corrected chi connectivity index (χ0v) is 11.4. The fourth-order valence-electron chi connectivity index (χ4n) is 1.87. The molecular formula is C11H19BrN2O2. The molecule has 0 spiro atoms. The molecule has 0 saturated carbocycles. The van der Waals surface area contributed by atoms with Crippen molar-refractivity contribution in [3.8, 4) is 0 Å². The Balaban J connectivity index is 2.60. The van der Waals surface area contributed by atoms with E-state index in [-0.39, 0.29) is 28.5 Å². The first-order valence-electron chi connectivity index (χ1n) is 5.65. The highest BCUT2D eigenvalue weighted by atomic mass is 79.9. The number of carbonyl (C=O) groups excluding carboxylic acids is 2. The smallest absolute Gasteiger partial charge is 0.236 e. The van der Waals surface area contributed by atoms with Crippen LogP contribution in [0.2, 0.25) is 0 Å². The molecule has 2 atom stereocenters. The predicted molar refractivity (Wildman–Crippen MR) is 66.1 cm³/mol. The summed E-state index contributed by atoms with van der Waals surface area (Å²) in [7, 11) is 0. The summed E-state index contributed by atoms with van der Waals surface area (Å²) in [5.41, 5.74) is 5.28. The number of alkyl halides is 1. The number of hydrogen-bond donors (Lipinski definition) is 1. The van der Waals surface area contributed by atoms with E-state index in [0.29, 0.717) is 6.54 Å². The van der Waals surface area contributed by atoms with E-state index in [1.54, 1.807) is 4.90 Å². The molecule has 0 unspecified atom stereocenters. The summed E-state index contributed by atoms with van der Waals surface area (Å²) < 4.78 is 0. The molecule has 1 fully saturated rings. The monoisotopic (exact) mass is 290 g/mol. The van der Waals surface area contributed by atoms with Crippen molar-refractivity contribution in [3.05, 3.63) is 0 Å². The lowest BCUT2D eigenvalue weighted by Gasteiger charge is -2.33. The minimum Gasteiger partial charge on any atom is -0.369 e. The number of hydrogen-bond acceptors (Lipinski definition) is 2. The predicted octanol–water partition coefficient (Wildman–Crippen LogP) is 1.13. The Morgan fingerprint density at radius 3 is 2.56 bits per heavy atom. The first kappa shape index (κ1) is 13.5. The van der Waals surface area contributed by atoms with Gasteiger partial charge in [0.2, 0.25) is 11.8 Å². The maximum Gasteiger partial charge on any atom is 0.236 e. The number of rotatable bonds is 3. The minimum atomic E-state index is -0.298. The van der Waals surface area contributed by atoms with Crippen molar-refractivity contribution in [3.63, 3.8) is 0 Å². The van der Waals surface area contributed by atoms with E-state index in [1.165, 1.54) is 0 Å². The summed E-state index contributed by atoms with van der Waals surface area (Å²) in [6.45, 7) is 5.19. The third-order valence-corrected chi connectivity index (χ3v) is 4.41. The maximum absolute atomic E-state index is 12.0.